The Hall–Kier alpha value is -1.75. The van der Waals surface area contributed by atoms with Crippen LogP contribution >= 0.6 is 11.6 Å². The summed E-state index contributed by atoms with van der Waals surface area (Å²) in [5.74, 6) is 2.67. The first-order valence-corrected chi connectivity index (χ1v) is 8.05. The van der Waals surface area contributed by atoms with E-state index in [9.17, 15) is 0 Å². The maximum Gasteiger partial charge on any atom is 0.231 e. The minimum Gasteiger partial charge on any atom is -0.494 e. The van der Waals surface area contributed by atoms with Gasteiger partial charge in [-0.1, -0.05) is 18.5 Å². The van der Waals surface area contributed by atoms with Crippen molar-refractivity contribution in [3.8, 4) is 17.2 Å². The first-order valence-electron chi connectivity index (χ1n) is 7.67. The second-order valence-corrected chi connectivity index (χ2v) is 5.75. The number of pyridine rings is 1. The van der Waals surface area contributed by atoms with Crippen LogP contribution in [0.5, 0.6) is 5.75 Å². The van der Waals surface area contributed by atoms with Crippen LogP contribution in [-0.2, 0) is 6.42 Å². The number of hydrogen-bond acceptors (Lipinski definition) is 5. The number of hydrogen-bond donors (Lipinski definition) is 0. The summed E-state index contributed by atoms with van der Waals surface area (Å²) in [6.45, 7) is 3.98. The number of nitrogens with zero attached hydrogens (tertiary/aromatic N) is 3. The summed E-state index contributed by atoms with van der Waals surface area (Å²) in [7, 11) is 1.61. The van der Waals surface area contributed by atoms with Crippen molar-refractivity contribution < 1.29 is 9.15 Å². The average Bonchev–Trinajstić information content (AvgIpc) is 3.04. The second kappa shape index (κ2) is 6.57. The lowest BCUT2D eigenvalue weighted by molar-refractivity contribution is 0.413. The Bertz CT molecular complexity index is 651. The summed E-state index contributed by atoms with van der Waals surface area (Å²) in [6, 6.07) is 0. The van der Waals surface area contributed by atoms with Gasteiger partial charge in [0.15, 0.2) is 11.6 Å². The zero-order valence-electron chi connectivity index (χ0n) is 12.9. The molecule has 3 heterocycles. The lowest BCUT2D eigenvalue weighted by Crippen LogP contribution is -2.30. The number of methoxy groups -OCH3 is 1. The van der Waals surface area contributed by atoms with E-state index in [0.29, 0.717) is 22.2 Å². The van der Waals surface area contributed by atoms with Crippen LogP contribution in [0.1, 0.15) is 31.9 Å². The van der Waals surface area contributed by atoms with Crippen molar-refractivity contribution in [2.45, 2.75) is 32.6 Å². The van der Waals surface area contributed by atoms with Crippen molar-refractivity contribution >= 4 is 17.4 Å². The first-order chi connectivity index (χ1) is 10.7. The van der Waals surface area contributed by atoms with Gasteiger partial charge in [0.1, 0.15) is 10.8 Å². The van der Waals surface area contributed by atoms with Gasteiger partial charge >= 0.3 is 0 Å². The molecule has 5 nitrogen and oxygen atoms in total. The molecule has 3 rings (SSSR count). The number of halogens is 1. The van der Waals surface area contributed by atoms with Crippen LogP contribution < -0.4 is 9.64 Å². The third kappa shape index (κ3) is 2.77. The zero-order chi connectivity index (χ0) is 15.5. The molecule has 2 aromatic heterocycles. The van der Waals surface area contributed by atoms with Crippen LogP contribution in [-0.4, -0.2) is 30.2 Å². The molecule has 0 atom stereocenters. The fourth-order valence-electron chi connectivity index (χ4n) is 2.73. The number of piperidine rings is 1. The number of aryl methyl sites for hydroxylation is 1. The smallest absolute Gasteiger partial charge is 0.231 e. The minimum absolute atomic E-state index is 0.494. The van der Waals surface area contributed by atoms with E-state index in [-0.39, 0.29) is 0 Å². The van der Waals surface area contributed by atoms with Crippen molar-refractivity contribution in [1.82, 2.24) is 9.97 Å². The summed E-state index contributed by atoms with van der Waals surface area (Å²) in [5, 5.41) is 0.526. The van der Waals surface area contributed by atoms with E-state index in [1.807, 2.05) is 6.92 Å². The Balaban J connectivity index is 2.00. The Kier molecular flexibility index (Phi) is 4.52. The predicted molar refractivity (Wildman–Crippen MR) is 86.7 cm³/mol. The summed E-state index contributed by atoms with van der Waals surface area (Å²) in [5.41, 5.74) is 0.688. The Labute approximate surface area is 135 Å². The molecule has 0 bridgehead atoms. The molecule has 0 aliphatic carbocycles. The molecule has 22 heavy (non-hydrogen) atoms. The number of anilines is 1. The molecule has 0 saturated carbocycles. The standard InChI is InChI=1S/C16H20ClN3O2/c1-3-11-9-19-16(22-11)12-10-18-15(13(17)14(12)21-2)20-7-5-4-6-8-20/h9-10H,3-8H2,1-2H3. The molecule has 0 spiro atoms. The molecule has 1 fully saturated rings. The maximum absolute atomic E-state index is 6.54. The number of rotatable bonds is 4. The minimum atomic E-state index is 0.494. The van der Waals surface area contributed by atoms with Gasteiger partial charge in [0.05, 0.1) is 18.9 Å². The molecule has 0 unspecified atom stereocenters. The Morgan fingerprint density at radius 2 is 2.00 bits per heavy atom. The molecule has 6 heteroatoms. The van der Waals surface area contributed by atoms with Gasteiger partial charge in [-0.05, 0) is 19.3 Å². The normalized spacial score (nSPS) is 15.1. The van der Waals surface area contributed by atoms with Gasteiger partial charge in [0.25, 0.3) is 0 Å². The van der Waals surface area contributed by atoms with Crippen LogP contribution in [0.2, 0.25) is 5.02 Å². The molecule has 118 valence electrons. The van der Waals surface area contributed by atoms with Crippen molar-refractivity contribution in [1.29, 1.82) is 0 Å². The molecular formula is C16H20ClN3O2. The van der Waals surface area contributed by atoms with E-state index in [1.54, 1.807) is 19.5 Å². The van der Waals surface area contributed by atoms with E-state index in [4.69, 9.17) is 20.8 Å². The zero-order valence-corrected chi connectivity index (χ0v) is 13.7. The highest BCUT2D eigenvalue weighted by atomic mass is 35.5. The van der Waals surface area contributed by atoms with E-state index in [2.05, 4.69) is 14.9 Å². The Morgan fingerprint density at radius 1 is 1.23 bits per heavy atom. The molecule has 0 N–H and O–H groups in total. The first kappa shape index (κ1) is 15.2. The highest BCUT2D eigenvalue weighted by Gasteiger charge is 2.22. The number of ether oxygens (including phenoxy) is 1. The predicted octanol–water partition coefficient (Wildman–Crippen LogP) is 3.95. The molecule has 0 aromatic carbocycles. The summed E-state index contributed by atoms with van der Waals surface area (Å²) in [6.07, 6.45) is 7.85. The van der Waals surface area contributed by atoms with E-state index in [0.717, 1.165) is 31.1 Å². The largest absolute Gasteiger partial charge is 0.494 e. The molecule has 1 saturated heterocycles. The highest BCUT2D eigenvalue weighted by Crippen LogP contribution is 2.40. The highest BCUT2D eigenvalue weighted by molar-refractivity contribution is 6.35. The molecule has 1 aliphatic heterocycles. The molecular weight excluding hydrogens is 302 g/mol. The Morgan fingerprint density at radius 3 is 2.64 bits per heavy atom. The molecule has 0 amide bonds. The lowest BCUT2D eigenvalue weighted by atomic mass is 10.1. The third-order valence-corrected chi connectivity index (χ3v) is 4.29. The van der Waals surface area contributed by atoms with Gasteiger partial charge in [-0.25, -0.2) is 9.97 Å². The summed E-state index contributed by atoms with van der Waals surface area (Å²) in [4.78, 5) is 11.0. The van der Waals surface area contributed by atoms with Gasteiger partial charge in [0.2, 0.25) is 5.89 Å². The molecule has 1 aliphatic rings. The molecule has 2 aromatic rings. The van der Waals surface area contributed by atoms with Crippen LogP contribution in [0.15, 0.2) is 16.8 Å². The van der Waals surface area contributed by atoms with Crippen molar-refractivity contribution in [2.24, 2.45) is 0 Å². The van der Waals surface area contributed by atoms with Crippen molar-refractivity contribution in [3.05, 3.63) is 23.2 Å². The van der Waals surface area contributed by atoms with Crippen LogP contribution in [0.25, 0.3) is 11.5 Å². The topological polar surface area (TPSA) is 51.4 Å². The van der Waals surface area contributed by atoms with Gasteiger partial charge in [-0.15, -0.1) is 0 Å². The van der Waals surface area contributed by atoms with E-state index >= 15 is 0 Å². The summed E-state index contributed by atoms with van der Waals surface area (Å²) >= 11 is 6.54. The van der Waals surface area contributed by atoms with Gasteiger partial charge < -0.3 is 14.1 Å². The quantitative estimate of drug-likeness (QED) is 0.853. The van der Waals surface area contributed by atoms with Crippen molar-refractivity contribution in [2.75, 3.05) is 25.1 Å². The van der Waals surface area contributed by atoms with Crippen LogP contribution in [0, 0.1) is 0 Å². The van der Waals surface area contributed by atoms with E-state index in [1.165, 1.54) is 19.3 Å². The van der Waals surface area contributed by atoms with Gasteiger partial charge in [-0.2, -0.15) is 0 Å². The average molecular weight is 322 g/mol. The summed E-state index contributed by atoms with van der Waals surface area (Å²) < 4.78 is 11.2. The number of aromatic nitrogens is 2. The number of oxazole rings is 1. The van der Waals surface area contributed by atoms with Crippen LogP contribution in [0.3, 0.4) is 0 Å². The van der Waals surface area contributed by atoms with Crippen LogP contribution in [0.4, 0.5) is 5.82 Å². The monoisotopic (exact) mass is 321 g/mol. The van der Waals surface area contributed by atoms with E-state index < -0.39 is 0 Å². The second-order valence-electron chi connectivity index (χ2n) is 5.38. The fourth-order valence-corrected chi connectivity index (χ4v) is 3.08. The lowest BCUT2D eigenvalue weighted by Gasteiger charge is -2.29. The van der Waals surface area contributed by atoms with Crippen molar-refractivity contribution in [3.63, 3.8) is 0 Å². The van der Waals surface area contributed by atoms with Gasteiger partial charge in [0, 0.05) is 25.7 Å². The van der Waals surface area contributed by atoms with Gasteiger partial charge in [-0.3, -0.25) is 0 Å². The molecule has 0 radical (unpaired) electrons. The fraction of sp³-hybridized carbons (Fsp3) is 0.500. The maximum atomic E-state index is 6.54. The third-order valence-electron chi connectivity index (χ3n) is 3.95. The SMILES string of the molecule is CCc1cnc(-c2cnc(N3CCCCC3)c(Cl)c2OC)o1.